The largest absolute Gasteiger partial charge is 0.473 e. The second kappa shape index (κ2) is 7.47. The molecule has 7 nitrogen and oxygen atoms in total. The molecule has 4 N–H and O–H groups in total. The predicted octanol–water partition coefficient (Wildman–Crippen LogP) is -1.78. The van der Waals surface area contributed by atoms with Gasteiger partial charge in [-0.2, -0.15) is 4.37 Å². The molecule has 8 heteroatoms. The average molecular weight is 249 g/mol. The standard InChI is InChI=1S/C8H15N3O4S/c12-4-6(13)1-9-2-7(14)5-15-8-3-10-16-11-8/h3,6-7,9,12-14H,1-2,4-5H2. The lowest BCUT2D eigenvalue weighted by Crippen LogP contribution is -2.37. The Morgan fingerprint density at radius 1 is 1.38 bits per heavy atom. The minimum atomic E-state index is -0.809. The molecule has 2 atom stereocenters. The zero-order valence-corrected chi connectivity index (χ0v) is 9.43. The van der Waals surface area contributed by atoms with Gasteiger partial charge in [-0.05, 0) is 0 Å². The fraction of sp³-hybridized carbons (Fsp3) is 0.750. The van der Waals surface area contributed by atoms with E-state index in [1.54, 1.807) is 0 Å². The third-order valence-corrected chi connectivity index (χ3v) is 2.20. The van der Waals surface area contributed by atoms with Gasteiger partial charge in [0, 0.05) is 13.1 Å². The van der Waals surface area contributed by atoms with Crippen LogP contribution in [-0.4, -0.2) is 62.6 Å². The summed E-state index contributed by atoms with van der Waals surface area (Å²) in [6.45, 7) is 0.304. The maximum Gasteiger partial charge on any atom is 0.245 e. The molecule has 0 aliphatic carbocycles. The van der Waals surface area contributed by atoms with E-state index in [-0.39, 0.29) is 26.3 Å². The van der Waals surface area contributed by atoms with E-state index in [4.69, 9.17) is 14.9 Å². The molecule has 16 heavy (non-hydrogen) atoms. The molecule has 0 aliphatic heterocycles. The van der Waals surface area contributed by atoms with Gasteiger partial charge >= 0.3 is 0 Å². The van der Waals surface area contributed by atoms with Crippen LogP contribution < -0.4 is 10.1 Å². The minimum Gasteiger partial charge on any atom is -0.473 e. The lowest BCUT2D eigenvalue weighted by Gasteiger charge is -2.13. The highest BCUT2D eigenvalue weighted by Crippen LogP contribution is 2.04. The Morgan fingerprint density at radius 2 is 2.12 bits per heavy atom. The number of hydrogen-bond donors (Lipinski definition) is 4. The van der Waals surface area contributed by atoms with Crippen molar-refractivity contribution in [2.24, 2.45) is 0 Å². The average Bonchev–Trinajstić information content (AvgIpc) is 2.79. The van der Waals surface area contributed by atoms with Crippen molar-refractivity contribution in [3.8, 4) is 5.88 Å². The van der Waals surface area contributed by atoms with E-state index in [2.05, 4.69) is 14.1 Å². The first-order chi connectivity index (χ1) is 7.72. The van der Waals surface area contributed by atoms with Crippen LogP contribution in [0.15, 0.2) is 6.20 Å². The van der Waals surface area contributed by atoms with Crippen molar-refractivity contribution < 1.29 is 20.1 Å². The van der Waals surface area contributed by atoms with Gasteiger partial charge in [0.2, 0.25) is 5.88 Å². The van der Waals surface area contributed by atoms with Crippen molar-refractivity contribution in [3.05, 3.63) is 6.20 Å². The SMILES string of the molecule is OCC(O)CNCC(O)COc1cnsn1. The highest BCUT2D eigenvalue weighted by atomic mass is 32.1. The first-order valence-electron chi connectivity index (χ1n) is 4.80. The van der Waals surface area contributed by atoms with Crippen LogP contribution in [-0.2, 0) is 0 Å². The molecule has 0 aromatic carbocycles. The van der Waals surface area contributed by atoms with Crippen molar-refractivity contribution in [2.45, 2.75) is 12.2 Å². The summed E-state index contributed by atoms with van der Waals surface area (Å²) in [7, 11) is 0. The van der Waals surface area contributed by atoms with Gasteiger partial charge in [0.15, 0.2) is 0 Å². The van der Waals surface area contributed by atoms with Crippen LogP contribution >= 0.6 is 11.7 Å². The molecule has 1 aromatic rings. The van der Waals surface area contributed by atoms with Crippen LogP contribution in [0.5, 0.6) is 5.88 Å². The Balaban J connectivity index is 2.05. The van der Waals surface area contributed by atoms with Gasteiger partial charge in [0.25, 0.3) is 0 Å². The smallest absolute Gasteiger partial charge is 0.245 e. The number of rotatable bonds is 8. The van der Waals surface area contributed by atoms with Gasteiger partial charge in [0.05, 0.1) is 24.4 Å². The summed E-state index contributed by atoms with van der Waals surface area (Å²) < 4.78 is 12.7. The first-order valence-corrected chi connectivity index (χ1v) is 5.53. The summed E-state index contributed by atoms with van der Waals surface area (Å²) in [4.78, 5) is 0. The van der Waals surface area contributed by atoms with Crippen molar-refractivity contribution in [1.82, 2.24) is 14.1 Å². The first kappa shape index (κ1) is 13.3. The van der Waals surface area contributed by atoms with E-state index in [0.29, 0.717) is 5.88 Å². The van der Waals surface area contributed by atoms with Gasteiger partial charge in [-0.1, -0.05) is 0 Å². The Labute approximate surface area is 97.0 Å². The Kier molecular flexibility index (Phi) is 6.19. The van der Waals surface area contributed by atoms with Crippen molar-refractivity contribution >= 4 is 11.7 Å². The fourth-order valence-electron chi connectivity index (χ4n) is 0.941. The molecule has 1 heterocycles. The lowest BCUT2D eigenvalue weighted by atomic mass is 10.3. The van der Waals surface area contributed by atoms with E-state index in [1.807, 2.05) is 0 Å². The molecular formula is C8H15N3O4S. The van der Waals surface area contributed by atoms with Crippen molar-refractivity contribution in [1.29, 1.82) is 0 Å². The molecule has 1 rings (SSSR count). The summed E-state index contributed by atoms with van der Waals surface area (Å²) in [5, 5.41) is 29.8. The van der Waals surface area contributed by atoms with Gasteiger partial charge in [-0.15, -0.1) is 4.37 Å². The zero-order valence-electron chi connectivity index (χ0n) is 8.61. The zero-order chi connectivity index (χ0) is 11.8. The van der Waals surface area contributed by atoms with Crippen LogP contribution in [0.3, 0.4) is 0 Å². The molecule has 2 unspecified atom stereocenters. The minimum absolute atomic E-state index is 0.105. The second-order valence-electron chi connectivity index (χ2n) is 3.21. The van der Waals surface area contributed by atoms with E-state index in [9.17, 15) is 5.11 Å². The highest BCUT2D eigenvalue weighted by Gasteiger charge is 2.07. The maximum atomic E-state index is 9.46. The van der Waals surface area contributed by atoms with Crippen molar-refractivity contribution in [2.75, 3.05) is 26.3 Å². The van der Waals surface area contributed by atoms with E-state index < -0.39 is 12.2 Å². The normalized spacial score (nSPS) is 14.7. The molecule has 0 saturated heterocycles. The van der Waals surface area contributed by atoms with Crippen LogP contribution in [0.2, 0.25) is 0 Å². The molecule has 0 spiro atoms. The number of aliphatic hydroxyl groups excluding tert-OH is 3. The lowest BCUT2D eigenvalue weighted by molar-refractivity contribution is 0.0788. The molecule has 0 radical (unpaired) electrons. The molecule has 0 saturated carbocycles. The van der Waals surface area contributed by atoms with Gasteiger partial charge < -0.3 is 25.4 Å². The third-order valence-electron chi connectivity index (χ3n) is 1.74. The molecule has 0 aliphatic rings. The summed E-state index contributed by atoms with van der Waals surface area (Å²) in [5.74, 6) is 0.388. The molecular weight excluding hydrogens is 234 g/mol. The van der Waals surface area contributed by atoms with Gasteiger partial charge in [-0.25, -0.2) is 0 Å². The molecule has 0 fully saturated rings. The summed E-state index contributed by atoms with van der Waals surface area (Å²) in [6.07, 6.45) is -0.0381. The Bertz CT molecular complexity index is 272. The molecule has 92 valence electrons. The van der Waals surface area contributed by atoms with Gasteiger partial charge in [0.1, 0.15) is 18.9 Å². The molecule has 0 bridgehead atoms. The summed E-state index contributed by atoms with van der Waals surface area (Å²) in [5.41, 5.74) is 0. The maximum absolute atomic E-state index is 9.46. The van der Waals surface area contributed by atoms with Crippen LogP contribution in [0, 0.1) is 0 Å². The van der Waals surface area contributed by atoms with Crippen LogP contribution in [0.4, 0.5) is 0 Å². The van der Waals surface area contributed by atoms with E-state index in [1.165, 1.54) is 6.20 Å². The van der Waals surface area contributed by atoms with E-state index >= 15 is 0 Å². The highest BCUT2D eigenvalue weighted by molar-refractivity contribution is 6.99. The molecule has 1 aromatic heterocycles. The fourth-order valence-corrected chi connectivity index (χ4v) is 1.31. The number of nitrogens with zero attached hydrogens (tertiary/aromatic N) is 2. The molecule has 0 amide bonds. The number of hydrogen-bond acceptors (Lipinski definition) is 8. The summed E-state index contributed by atoms with van der Waals surface area (Å²) >= 11 is 1.03. The second-order valence-corrected chi connectivity index (χ2v) is 3.76. The van der Waals surface area contributed by atoms with Crippen LogP contribution in [0.25, 0.3) is 0 Å². The Morgan fingerprint density at radius 3 is 2.75 bits per heavy atom. The summed E-state index contributed by atoms with van der Waals surface area (Å²) in [6, 6.07) is 0. The van der Waals surface area contributed by atoms with Crippen LogP contribution in [0.1, 0.15) is 0 Å². The number of aromatic nitrogens is 2. The third kappa shape index (κ3) is 5.33. The Hall–Kier alpha value is -0.800. The van der Waals surface area contributed by atoms with E-state index in [0.717, 1.165) is 11.7 Å². The number of nitrogens with one attached hydrogen (secondary N) is 1. The van der Waals surface area contributed by atoms with Crippen molar-refractivity contribution in [3.63, 3.8) is 0 Å². The van der Waals surface area contributed by atoms with Gasteiger partial charge in [-0.3, -0.25) is 0 Å². The predicted molar refractivity (Wildman–Crippen MR) is 57.4 cm³/mol. The monoisotopic (exact) mass is 249 g/mol. The topological polar surface area (TPSA) is 108 Å². The quantitative estimate of drug-likeness (QED) is 0.431. The number of ether oxygens (including phenoxy) is 1. The number of aliphatic hydroxyl groups is 3.